The number of aromatic nitrogens is 1. The number of nitrogens with one attached hydrogen (secondary N) is 1. The molecule has 3 aromatic rings. The molecule has 0 aliphatic heterocycles. The van der Waals surface area contributed by atoms with Crippen molar-refractivity contribution in [1.29, 1.82) is 0 Å². The lowest BCUT2D eigenvalue weighted by Gasteiger charge is -2.21. The summed E-state index contributed by atoms with van der Waals surface area (Å²) < 4.78 is 5.56. The van der Waals surface area contributed by atoms with Gasteiger partial charge in [-0.1, -0.05) is 48.5 Å². The Labute approximate surface area is 148 Å². The average Bonchev–Trinajstić information content (AvgIpc) is 3.04. The largest absolute Gasteiger partial charge is 0.465 e. The van der Waals surface area contributed by atoms with Crippen LogP contribution in [-0.2, 0) is 28.8 Å². The van der Waals surface area contributed by atoms with E-state index in [4.69, 9.17) is 4.74 Å². The van der Waals surface area contributed by atoms with Crippen LogP contribution in [0.4, 0.5) is 0 Å². The number of carbonyl (C=O) groups is 1. The third-order valence-corrected chi connectivity index (χ3v) is 5.13. The number of ether oxygens (including phenoxy) is 1. The number of H-pyrrole nitrogens is 1. The molecule has 0 spiro atoms. The summed E-state index contributed by atoms with van der Waals surface area (Å²) in [5.41, 5.74) is 5.05. The van der Waals surface area contributed by atoms with Crippen LogP contribution in [0.1, 0.15) is 29.7 Å². The van der Waals surface area contributed by atoms with Crippen LogP contribution in [0, 0.1) is 5.92 Å². The molecule has 128 valence electrons. The van der Waals surface area contributed by atoms with Gasteiger partial charge < -0.3 is 9.72 Å². The first-order valence-corrected chi connectivity index (χ1v) is 9.10. The topological polar surface area (TPSA) is 42.1 Å². The first-order chi connectivity index (χ1) is 12.3. The average molecular weight is 333 g/mol. The van der Waals surface area contributed by atoms with Crippen LogP contribution >= 0.6 is 0 Å². The maximum atomic E-state index is 12.4. The molecule has 1 aromatic heterocycles. The Morgan fingerprint density at radius 3 is 2.76 bits per heavy atom. The maximum Gasteiger partial charge on any atom is 0.309 e. The summed E-state index contributed by atoms with van der Waals surface area (Å²) in [4.78, 5) is 15.9. The number of hydrogen-bond donors (Lipinski definition) is 1. The molecule has 0 radical (unpaired) electrons. The SMILES string of the molecule is O=C(OCCCc1ccccc1)C1CCc2[nH]c3ccccc3c2C1. The fourth-order valence-electron chi connectivity index (χ4n) is 3.78. The molecule has 1 N–H and O–H groups in total. The van der Waals surface area contributed by atoms with Gasteiger partial charge in [0.1, 0.15) is 0 Å². The van der Waals surface area contributed by atoms with E-state index in [1.54, 1.807) is 0 Å². The Morgan fingerprint density at radius 1 is 1.08 bits per heavy atom. The number of hydrogen-bond acceptors (Lipinski definition) is 2. The highest BCUT2D eigenvalue weighted by atomic mass is 16.5. The number of esters is 1. The van der Waals surface area contributed by atoms with Crippen molar-refractivity contribution in [3.05, 3.63) is 71.4 Å². The second kappa shape index (κ2) is 7.14. The van der Waals surface area contributed by atoms with Crippen LogP contribution in [0.25, 0.3) is 10.9 Å². The van der Waals surface area contributed by atoms with Gasteiger partial charge in [0.25, 0.3) is 0 Å². The van der Waals surface area contributed by atoms with Gasteiger partial charge in [-0.3, -0.25) is 4.79 Å². The Balaban J connectivity index is 1.33. The van der Waals surface area contributed by atoms with E-state index in [9.17, 15) is 4.79 Å². The molecule has 0 amide bonds. The minimum atomic E-state index is -0.0380. The molecular weight excluding hydrogens is 310 g/mol. The van der Waals surface area contributed by atoms with Gasteiger partial charge in [-0.05, 0) is 49.3 Å². The molecule has 3 nitrogen and oxygen atoms in total. The molecule has 1 unspecified atom stereocenters. The third-order valence-electron chi connectivity index (χ3n) is 5.13. The van der Waals surface area contributed by atoms with Crippen LogP contribution in [0.2, 0.25) is 0 Å². The number of aryl methyl sites for hydroxylation is 2. The van der Waals surface area contributed by atoms with Crippen molar-refractivity contribution in [3.63, 3.8) is 0 Å². The summed E-state index contributed by atoms with van der Waals surface area (Å²) in [7, 11) is 0. The summed E-state index contributed by atoms with van der Waals surface area (Å²) in [5, 5.41) is 1.25. The Kier molecular flexibility index (Phi) is 4.55. The molecule has 0 bridgehead atoms. The number of para-hydroxylation sites is 1. The first-order valence-electron chi connectivity index (χ1n) is 9.10. The molecule has 0 saturated carbocycles. The predicted molar refractivity (Wildman–Crippen MR) is 99.5 cm³/mol. The van der Waals surface area contributed by atoms with Gasteiger partial charge >= 0.3 is 5.97 Å². The Hall–Kier alpha value is -2.55. The van der Waals surface area contributed by atoms with E-state index < -0.39 is 0 Å². The Bertz CT molecular complexity index is 866. The zero-order chi connectivity index (χ0) is 17.1. The molecule has 25 heavy (non-hydrogen) atoms. The van der Waals surface area contributed by atoms with E-state index in [2.05, 4.69) is 35.3 Å². The van der Waals surface area contributed by atoms with Gasteiger partial charge in [-0.2, -0.15) is 0 Å². The summed E-state index contributed by atoms with van der Waals surface area (Å²) in [6, 6.07) is 18.7. The minimum absolute atomic E-state index is 0.0107. The van der Waals surface area contributed by atoms with Crippen LogP contribution in [0.3, 0.4) is 0 Å². The highest BCUT2D eigenvalue weighted by Crippen LogP contribution is 2.32. The minimum Gasteiger partial charge on any atom is -0.465 e. The summed E-state index contributed by atoms with van der Waals surface area (Å²) in [6.07, 6.45) is 4.41. The van der Waals surface area contributed by atoms with Gasteiger partial charge in [0.15, 0.2) is 0 Å². The van der Waals surface area contributed by atoms with E-state index in [0.717, 1.165) is 32.1 Å². The molecule has 1 atom stereocenters. The number of benzene rings is 2. The quantitative estimate of drug-likeness (QED) is 0.554. The van der Waals surface area contributed by atoms with E-state index in [1.165, 1.54) is 27.7 Å². The van der Waals surface area contributed by atoms with Crippen molar-refractivity contribution in [2.24, 2.45) is 5.92 Å². The highest BCUT2D eigenvalue weighted by molar-refractivity contribution is 5.86. The third kappa shape index (κ3) is 3.46. The van der Waals surface area contributed by atoms with Gasteiger partial charge in [0.2, 0.25) is 0 Å². The zero-order valence-electron chi connectivity index (χ0n) is 14.3. The van der Waals surface area contributed by atoms with Crippen LogP contribution < -0.4 is 0 Å². The van der Waals surface area contributed by atoms with Crippen molar-refractivity contribution in [1.82, 2.24) is 4.98 Å². The number of aromatic amines is 1. The van der Waals surface area contributed by atoms with Crippen LogP contribution in [0.15, 0.2) is 54.6 Å². The number of fused-ring (bicyclic) bond motifs is 3. The predicted octanol–water partition coefficient (Wildman–Crippen LogP) is 4.45. The Morgan fingerprint density at radius 2 is 1.88 bits per heavy atom. The highest BCUT2D eigenvalue weighted by Gasteiger charge is 2.28. The van der Waals surface area contributed by atoms with Gasteiger partial charge in [-0.25, -0.2) is 0 Å². The molecule has 4 rings (SSSR count). The molecule has 1 aliphatic rings. The number of carbonyl (C=O) groups excluding carboxylic acids is 1. The van der Waals surface area contributed by atoms with Crippen LogP contribution in [-0.4, -0.2) is 17.6 Å². The molecular formula is C22H23NO2. The van der Waals surface area contributed by atoms with E-state index in [1.807, 2.05) is 24.3 Å². The standard InChI is InChI=1S/C22H23NO2/c24-22(25-14-6-9-16-7-2-1-3-8-16)17-12-13-21-19(15-17)18-10-4-5-11-20(18)23-21/h1-5,7-8,10-11,17,23H,6,9,12-15H2. The van der Waals surface area contributed by atoms with E-state index in [0.29, 0.717) is 6.61 Å². The zero-order valence-corrected chi connectivity index (χ0v) is 14.3. The summed E-state index contributed by atoms with van der Waals surface area (Å²) >= 11 is 0. The van der Waals surface area contributed by atoms with Crippen molar-refractivity contribution in [3.8, 4) is 0 Å². The van der Waals surface area contributed by atoms with Crippen LogP contribution in [0.5, 0.6) is 0 Å². The van der Waals surface area contributed by atoms with Gasteiger partial charge in [0, 0.05) is 16.6 Å². The lowest BCUT2D eigenvalue weighted by molar-refractivity contribution is -0.149. The molecule has 0 fully saturated rings. The molecule has 1 aliphatic carbocycles. The maximum absolute atomic E-state index is 12.4. The molecule has 1 heterocycles. The number of rotatable bonds is 5. The van der Waals surface area contributed by atoms with Crippen molar-refractivity contribution >= 4 is 16.9 Å². The van der Waals surface area contributed by atoms with E-state index in [-0.39, 0.29) is 11.9 Å². The van der Waals surface area contributed by atoms with Crippen molar-refractivity contribution < 1.29 is 9.53 Å². The monoisotopic (exact) mass is 333 g/mol. The lowest BCUT2D eigenvalue weighted by Crippen LogP contribution is -2.24. The molecule has 3 heteroatoms. The fraction of sp³-hybridized carbons (Fsp3) is 0.318. The van der Waals surface area contributed by atoms with E-state index >= 15 is 0 Å². The lowest BCUT2D eigenvalue weighted by atomic mass is 9.86. The summed E-state index contributed by atoms with van der Waals surface area (Å²) in [6.45, 7) is 0.505. The van der Waals surface area contributed by atoms with Crippen molar-refractivity contribution in [2.75, 3.05) is 6.61 Å². The van der Waals surface area contributed by atoms with Crippen molar-refractivity contribution in [2.45, 2.75) is 32.1 Å². The smallest absolute Gasteiger partial charge is 0.309 e. The second-order valence-electron chi connectivity index (χ2n) is 6.82. The molecule has 0 saturated heterocycles. The van der Waals surface area contributed by atoms with Gasteiger partial charge in [0.05, 0.1) is 12.5 Å². The first kappa shape index (κ1) is 15.9. The fourth-order valence-corrected chi connectivity index (χ4v) is 3.78. The normalized spacial score (nSPS) is 16.6. The van der Waals surface area contributed by atoms with Gasteiger partial charge in [-0.15, -0.1) is 0 Å². The summed E-state index contributed by atoms with van der Waals surface area (Å²) in [5.74, 6) is -0.0487. The molecule has 2 aromatic carbocycles. The second-order valence-corrected chi connectivity index (χ2v) is 6.82.